The van der Waals surface area contributed by atoms with Crippen LogP contribution in [0.15, 0.2) is 16.6 Å². The zero-order valence-corrected chi connectivity index (χ0v) is 12.6. The lowest BCUT2D eigenvalue weighted by Gasteiger charge is -2.25. The smallest absolute Gasteiger partial charge is 0.260 e. The molecule has 1 aliphatic heterocycles. The van der Waals surface area contributed by atoms with Crippen LogP contribution in [0.1, 0.15) is 23.7 Å². The number of amides is 1. The Morgan fingerprint density at radius 3 is 2.58 bits per heavy atom. The molecular formula is C13H13BrClF2NO. The van der Waals surface area contributed by atoms with Crippen LogP contribution < -0.4 is 0 Å². The highest BCUT2D eigenvalue weighted by atomic mass is 79.9. The molecule has 0 spiro atoms. The van der Waals surface area contributed by atoms with Gasteiger partial charge < -0.3 is 4.90 Å². The fourth-order valence-electron chi connectivity index (χ4n) is 2.39. The van der Waals surface area contributed by atoms with Crippen LogP contribution in [0.3, 0.4) is 0 Å². The van der Waals surface area contributed by atoms with Crippen molar-refractivity contribution in [3.8, 4) is 0 Å². The fourth-order valence-corrected chi connectivity index (χ4v) is 3.26. The van der Waals surface area contributed by atoms with E-state index in [4.69, 9.17) is 11.6 Å². The molecule has 2 atom stereocenters. The number of halogens is 4. The van der Waals surface area contributed by atoms with E-state index in [9.17, 15) is 13.6 Å². The quantitative estimate of drug-likeness (QED) is 0.741. The standard InChI is InChI=1S/C13H13BrClF2NO/c1-7-2-3-18(11(7)6-15)13(19)12-9(16)4-8(14)5-10(12)17/h4-5,7,11H,2-3,6H2,1H3. The molecule has 1 aromatic rings. The number of carbonyl (C=O) groups is 1. The van der Waals surface area contributed by atoms with Gasteiger partial charge >= 0.3 is 0 Å². The fraction of sp³-hybridized carbons (Fsp3) is 0.462. The molecule has 2 nitrogen and oxygen atoms in total. The molecule has 0 radical (unpaired) electrons. The molecule has 0 saturated carbocycles. The summed E-state index contributed by atoms with van der Waals surface area (Å²) < 4.78 is 27.9. The topological polar surface area (TPSA) is 20.3 Å². The van der Waals surface area contributed by atoms with E-state index in [-0.39, 0.29) is 22.3 Å². The lowest BCUT2D eigenvalue weighted by Crippen LogP contribution is -2.39. The van der Waals surface area contributed by atoms with Crippen LogP contribution in [0, 0.1) is 17.6 Å². The molecule has 1 aliphatic rings. The highest BCUT2D eigenvalue weighted by Gasteiger charge is 2.36. The Kier molecular flexibility index (Phi) is 4.46. The second-order valence-electron chi connectivity index (χ2n) is 4.73. The number of rotatable bonds is 2. The summed E-state index contributed by atoms with van der Waals surface area (Å²) in [4.78, 5) is 13.8. The predicted molar refractivity (Wildman–Crippen MR) is 73.4 cm³/mol. The van der Waals surface area contributed by atoms with Crippen molar-refractivity contribution in [2.45, 2.75) is 19.4 Å². The van der Waals surface area contributed by atoms with Gasteiger partial charge in [0.05, 0.1) is 0 Å². The Labute approximate surface area is 123 Å². The van der Waals surface area contributed by atoms with Crippen LogP contribution >= 0.6 is 27.5 Å². The van der Waals surface area contributed by atoms with Crippen molar-refractivity contribution in [2.24, 2.45) is 5.92 Å². The summed E-state index contributed by atoms with van der Waals surface area (Å²) in [5, 5.41) is 0. The van der Waals surface area contributed by atoms with Gasteiger partial charge in [-0.15, -0.1) is 11.6 Å². The minimum Gasteiger partial charge on any atom is -0.334 e. The summed E-state index contributed by atoms with van der Waals surface area (Å²) in [6.07, 6.45) is 0.795. The van der Waals surface area contributed by atoms with E-state index in [1.807, 2.05) is 6.92 Å². The van der Waals surface area contributed by atoms with E-state index < -0.39 is 23.1 Å². The molecule has 1 saturated heterocycles. The van der Waals surface area contributed by atoms with Gasteiger partial charge in [-0.3, -0.25) is 4.79 Å². The highest BCUT2D eigenvalue weighted by Crippen LogP contribution is 2.28. The molecule has 104 valence electrons. The van der Waals surface area contributed by atoms with Crippen molar-refractivity contribution in [1.29, 1.82) is 0 Å². The van der Waals surface area contributed by atoms with Gasteiger partial charge in [-0.2, -0.15) is 0 Å². The third kappa shape index (κ3) is 2.77. The Morgan fingerprint density at radius 1 is 1.47 bits per heavy atom. The average molecular weight is 353 g/mol. The van der Waals surface area contributed by atoms with E-state index in [1.54, 1.807) is 0 Å². The molecule has 19 heavy (non-hydrogen) atoms. The second kappa shape index (κ2) is 5.75. The highest BCUT2D eigenvalue weighted by molar-refractivity contribution is 9.10. The Hall–Kier alpha value is -0.680. The predicted octanol–water partition coefficient (Wildman–Crippen LogP) is 3.82. The largest absolute Gasteiger partial charge is 0.334 e. The molecule has 6 heteroatoms. The van der Waals surface area contributed by atoms with Gasteiger partial charge in [0, 0.05) is 22.9 Å². The van der Waals surface area contributed by atoms with Crippen LogP contribution in [0.25, 0.3) is 0 Å². The van der Waals surface area contributed by atoms with Crippen LogP contribution in [0.5, 0.6) is 0 Å². The first-order chi connectivity index (χ1) is 8.95. The average Bonchev–Trinajstić information content (AvgIpc) is 2.68. The SMILES string of the molecule is CC1CCN(C(=O)c2c(F)cc(Br)cc2F)C1CCl. The number of hydrogen-bond acceptors (Lipinski definition) is 1. The Bertz CT molecular complexity index is 488. The molecule has 1 fully saturated rings. The molecule has 1 aromatic carbocycles. The molecule has 2 unspecified atom stereocenters. The summed E-state index contributed by atoms with van der Waals surface area (Å²) >= 11 is 8.83. The molecule has 0 N–H and O–H groups in total. The zero-order chi connectivity index (χ0) is 14.2. The molecule has 1 amide bonds. The number of likely N-dealkylation sites (tertiary alicyclic amines) is 1. The molecule has 1 heterocycles. The maximum Gasteiger partial charge on any atom is 0.260 e. The number of benzene rings is 1. The van der Waals surface area contributed by atoms with Gasteiger partial charge in [-0.25, -0.2) is 8.78 Å². The summed E-state index contributed by atoms with van der Waals surface area (Å²) in [6.45, 7) is 2.46. The third-order valence-corrected chi connectivity index (χ3v) is 4.30. The second-order valence-corrected chi connectivity index (χ2v) is 5.95. The summed E-state index contributed by atoms with van der Waals surface area (Å²) in [5.41, 5.74) is -0.507. The van der Waals surface area contributed by atoms with Crippen LogP contribution in [-0.2, 0) is 0 Å². The van der Waals surface area contributed by atoms with Crippen LogP contribution in [0.4, 0.5) is 8.78 Å². The van der Waals surface area contributed by atoms with Gasteiger partial charge in [0.2, 0.25) is 0 Å². The maximum atomic E-state index is 13.8. The third-order valence-electron chi connectivity index (χ3n) is 3.52. The van der Waals surface area contributed by atoms with E-state index >= 15 is 0 Å². The minimum absolute atomic E-state index is 0.170. The van der Waals surface area contributed by atoms with Crippen molar-refractivity contribution >= 4 is 33.4 Å². The van der Waals surface area contributed by atoms with Crippen molar-refractivity contribution in [3.05, 3.63) is 33.8 Å². The maximum absolute atomic E-state index is 13.8. The first kappa shape index (κ1) is 14.7. The number of hydrogen-bond donors (Lipinski definition) is 0. The lowest BCUT2D eigenvalue weighted by atomic mass is 10.0. The van der Waals surface area contributed by atoms with E-state index in [2.05, 4.69) is 15.9 Å². The summed E-state index contributed by atoms with van der Waals surface area (Å²) in [6, 6.07) is 2.01. The van der Waals surface area contributed by atoms with Crippen molar-refractivity contribution in [2.75, 3.05) is 12.4 Å². The van der Waals surface area contributed by atoms with E-state index in [0.29, 0.717) is 6.54 Å². The van der Waals surface area contributed by atoms with Gasteiger partial charge in [-0.1, -0.05) is 22.9 Å². The molecule has 0 bridgehead atoms. The van der Waals surface area contributed by atoms with Gasteiger partial charge in [0.1, 0.15) is 17.2 Å². The number of nitrogens with zero attached hydrogens (tertiary/aromatic N) is 1. The van der Waals surface area contributed by atoms with Crippen LogP contribution in [-0.4, -0.2) is 29.3 Å². The minimum atomic E-state index is -0.857. The first-order valence-electron chi connectivity index (χ1n) is 5.97. The monoisotopic (exact) mass is 351 g/mol. The van der Waals surface area contributed by atoms with Crippen molar-refractivity contribution < 1.29 is 13.6 Å². The number of alkyl halides is 1. The Morgan fingerprint density at radius 2 is 2.05 bits per heavy atom. The van der Waals surface area contributed by atoms with E-state index in [1.165, 1.54) is 4.90 Å². The molecular weight excluding hydrogens is 340 g/mol. The lowest BCUT2D eigenvalue weighted by molar-refractivity contribution is 0.0727. The first-order valence-corrected chi connectivity index (χ1v) is 7.30. The normalized spacial score (nSPS) is 22.9. The summed E-state index contributed by atoms with van der Waals surface area (Å²) in [7, 11) is 0. The van der Waals surface area contributed by atoms with Crippen molar-refractivity contribution in [3.63, 3.8) is 0 Å². The molecule has 0 aliphatic carbocycles. The van der Waals surface area contributed by atoms with Gasteiger partial charge in [0.15, 0.2) is 0 Å². The van der Waals surface area contributed by atoms with Crippen molar-refractivity contribution in [1.82, 2.24) is 4.90 Å². The molecule has 2 rings (SSSR count). The Balaban J connectivity index is 2.35. The zero-order valence-electron chi connectivity index (χ0n) is 10.3. The van der Waals surface area contributed by atoms with Crippen LogP contribution in [0.2, 0.25) is 0 Å². The van der Waals surface area contributed by atoms with Gasteiger partial charge in [-0.05, 0) is 24.5 Å². The number of carbonyl (C=O) groups excluding carboxylic acids is 1. The summed E-state index contributed by atoms with van der Waals surface area (Å²) in [5.74, 6) is -1.83. The van der Waals surface area contributed by atoms with Gasteiger partial charge in [0.25, 0.3) is 5.91 Å². The van der Waals surface area contributed by atoms with E-state index in [0.717, 1.165) is 18.6 Å². The molecule has 0 aromatic heterocycles.